The van der Waals surface area contributed by atoms with Gasteiger partial charge in [-0.15, -0.1) is 0 Å². The Balaban J connectivity index is 1.44. The number of likely N-dealkylation sites (N-methyl/N-ethyl adjacent to an activating group) is 1. The van der Waals surface area contributed by atoms with Crippen molar-refractivity contribution < 1.29 is 23.6 Å². The molecule has 39 heavy (non-hydrogen) atoms. The standard InChI is InChI=1S/C27H27ClFN5O5/c1-14(20-10-16(29)13-33(20)2)39-22-11-21(28)31-26(32-22)24(35)17-4-3-8-27(25(17)36)9-7-15-5-6-19(34(37)38)18(12-30)23(15)27/h5-6,11,14,16-17,20H,3-4,7-10,13H2,1-2H3/t14-,16+,17?,20-,27?/m0/s1. The molecule has 2 aliphatic carbocycles. The van der Waals surface area contributed by atoms with Crippen LogP contribution in [0.4, 0.5) is 10.1 Å². The number of carbonyl (C=O) groups excluding carboxylic acids is 2. The summed E-state index contributed by atoms with van der Waals surface area (Å²) in [4.78, 5) is 48.8. The third-order valence-electron chi connectivity index (χ3n) is 8.37. The first-order chi connectivity index (χ1) is 18.6. The Labute approximate surface area is 229 Å². The van der Waals surface area contributed by atoms with Gasteiger partial charge in [0.2, 0.25) is 17.5 Å². The molecule has 5 rings (SSSR count). The zero-order valence-electron chi connectivity index (χ0n) is 21.5. The van der Waals surface area contributed by atoms with Gasteiger partial charge in [-0.25, -0.2) is 9.37 Å². The van der Waals surface area contributed by atoms with Crippen LogP contribution in [-0.4, -0.2) is 63.3 Å². The molecule has 1 aromatic heterocycles. The highest BCUT2D eigenvalue weighted by Gasteiger charge is 2.53. The van der Waals surface area contributed by atoms with Crippen molar-refractivity contribution in [2.24, 2.45) is 5.92 Å². The second-order valence-electron chi connectivity index (χ2n) is 10.6. The van der Waals surface area contributed by atoms with E-state index in [4.69, 9.17) is 16.3 Å². The van der Waals surface area contributed by atoms with Crippen molar-refractivity contribution in [1.29, 1.82) is 5.26 Å². The number of nitriles is 1. The Hall–Kier alpha value is -3.49. The van der Waals surface area contributed by atoms with E-state index in [0.29, 0.717) is 44.2 Å². The van der Waals surface area contributed by atoms with Gasteiger partial charge < -0.3 is 4.74 Å². The predicted octanol–water partition coefficient (Wildman–Crippen LogP) is 4.16. The topological polar surface area (TPSA) is 139 Å². The molecule has 5 atom stereocenters. The third-order valence-corrected chi connectivity index (χ3v) is 8.56. The van der Waals surface area contributed by atoms with Gasteiger partial charge in [-0.1, -0.05) is 24.1 Å². The fourth-order valence-corrected chi connectivity index (χ4v) is 6.75. The largest absolute Gasteiger partial charge is 0.473 e. The molecule has 2 aromatic rings. The molecule has 0 amide bonds. The van der Waals surface area contributed by atoms with Crippen molar-refractivity contribution in [3.63, 3.8) is 0 Å². The lowest BCUT2D eigenvalue weighted by atomic mass is 9.63. The second-order valence-corrected chi connectivity index (χ2v) is 11.0. The van der Waals surface area contributed by atoms with Gasteiger partial charge in [0, 0.05) is 24.7 Å². The Morgan fingerprint density at radius 1 is 1.38 bits per heavy atom. The van der Waals surface area contributed by atoms with Crippen LogP contribution >= 0.6 is 11.6 Å². The van der Waals surface area contributed by atoms with E-state index < -0.39 is 34.3 Å². The van der Waals surface area contributed by atoms with E-state index in [9.17, 15) is 29.4 Å². The highest BCUT2D eigenvalue weighted by molar-refractivity contribution is 6.29. The van der Waals surface area contributed by atoms with Crippen LogP contribution in [0.25, 0.3) is 0 Å². The molecule has 0 radical (unpaired) electrons. The number of ether oxygens (including phenoxy) is 1. The van der Waals surface area contributed by atoms with Crippen LogP contribution in [0.5, 0.6) is 5.88 Å². The lowest BCUT2D eigenvalue weighted by Gasteiger charge is -2.37. The Bertz CT molecular complexity index is 1410. The van der Waals surface area contributed by atoms with E-state index in [1.54, 1.807) is 13.0 Å². The van der Waals surface area contributed by atoms with Gasteiger partial charge >= 0.3 is 0 Å². The monoisotopic (exact) mass is 555 g/mol. The predicted molar refractivity (Wildman–Crippen MR) is 138 cm³/mol. The number of carbonyl (C=O) groups is 2. The van der Waals surface area contributed by atoms with E-state index >= 15 is 0 Å². The molecule has 0 N–H and O–H groups in total. The summed E-state index contributed by atoms with van der Waals surface area (Å²) in [6.07, 6.45) is 0.926. The smallest absolute Gasteiger partial charge is 0.287 e. The summed E-state index contributed by atoms with van der Waals surface area (Å²) in [6, 6.07) is 6.02. The van der Waals surface area contributed by atoms with Gasteiger partial charge in [0.1, 0.15) is 29.1 Å². The molecule has 1 saturated carbocycles. The number of ketones is 2. The number of Topliss-reactive ketones (excluding diaryl/α,β-unsaturated/α-hetero) is 2. The molecule has 1 saturated heterocycles. The number of hydrogen-bond acceptors (Lipinski definition) is 9. The summed E-state index contributed by atoms with van der Waals surface area (Å²) < 4.78 is 19.8. The Morgan fingerprint density at radius 3 is 2.82 bits per heavy atom. The van der Waals surface area contributed by atoms with Gasteiger partial charge in [-0.2, -0.15) is 10.2 Å². The first-order valence-corrected chi connectivity index (χ1v) is 13.3. The lowest BCUT2D eigenvalue weighted by molar-refractivity contribution is -0.385. The molecule has 2 fully saturated rings. The van der Waals surface area contributed by atoms with E-state index in [1.807, 2.05) is 18.0 Å². The maximum Gasteiger partial charge on any atom is 0.287 e. The van der Waals surface area contributed by atoms with Crippen LogP contribution in [-0.2, 0) is 16.6 Å². The highest BCUT2D eigenvalue weighted by atomic mass is 35.5. The zero-order valence-corrected chi connectivity index (χ0v) is 22.3. The van der Waals surface area contributed by atoms with Crippen molar-refractivity contribution >= 4 is 28.9 Å². The molecule has 3 aliphatic rings. The number of alkyl halides is 1. The Morgan fingerprint density at radius 2 is 2.15 bits per heavy atom. The number of nitro benzene ring substituents is 1. The molecule has 2 heterocycles. The molecule has 1 spiro atoms. The average molecular weight is 556 g/mol. The lowest BCUT2D eigenvalue weighted by Crippen LogP contribution is -2.45. The maximum atomic E-state index is 14.0. The summed E-state index contributed by atoms with van der Waals surface area (Å²) in [5.74, 6) is -2.30. The van der Waals surface area contributed by atoms with Crippen molar-refractivity contribution in [3.05, 3.63) is 56.0 Å². The first kappa shape index (κ1) is 27.1. The van der Waals surface area contributed by atoms with Crippen molar-refractivity contribution in [2.45, 2.75) is 69.2 Å². The van der Waals surface area contributed by atoms with Crippen LogP contribution < -0.4 is 4.74 Å². The number of aromatic nitrogens is 2. The van der Waals surface area contributed by atoms with E-state index in [2.05, 4.69) is 9.97 Å². The molecular formula is C27H27ClFN5O5. The van der Waals surface area contributed by atoms with Crippen molar-refractivity contribution in [3.8, 4) is 11.9 Å². The highest BCUT2D eigenvalue weighted by Crippen LogP contribution is 2.51. The minimum Gasteiger partial charge on any atom is -0.473 e. The minimum atomic E-state index is -1.16. The van der Waals surface area contributed by atoms with E-state index in [0.717, 1.165) is 5.56 Å². The quantitative estimate of drug-likeness (QED) is 0.169. The van der Waals surface area contributed by atoms with Gasteiger partial charge in [0.15, 0.2) is 5.78 Å². The van der Waals surface area contributed by atoms with E-state index in [-0.39, 0.29) is 46.4 Å². The number of nitro groups is 1. The van der Waals surface area contributed by atoms with Crippen LogP contribution in [0, 0.1) is 27.4 Å². The van der Waals surface area contributed by atoms with Crippen LogP contribution in [0.3, 0.4) is 0 Å². The number of fused-ring (bicyclic) bond motifs is 2. The summed E-state index contributed by atoms with van der Waals surface area (Å²) in [5.41, 5.74) is -0.534. The summed E-state index contributed by atoms with van der Waals surface area (Å²) in [7, 11) is 1.81. The van der Waals surface area contributed by atoms with Crippen LogP contribution in [0.2, 0.25) is 5.15 Å². The number of likely N-dealkylation sites (tertiary alicyclic amines) is 1. The fourth-order valence-electron chi connectivity index (χ4n) is 6.58. The third kappa shape index (κ3) is 4.66. The minimum absolute atomic E-state index is 0.0368. The molecule has 0 bridgehead atoms. The Kier molecular flexibility index (Phi) is 7.11. The molecule has 2 unspecified atom stereocenters. The molecule has 1 aliphatic heterocycles. The van der Waals surface area contributed by atoms with Crippen molar-refractivity contribution in [1.82, 2.24) is 14.9 Å². The molecule has 1 aromatic carbocycles. The zero-order chi connectivity index (χ0) is 28.1. The molecule has 12 heteroatoms. The normalized spacial score (nSPS) is 27.3. The number of hydrogen-bond donors (Lipinski definition) is 0. The van der Waals surface area contributed by atoms with Crippen molar-refractivity contribution in [2.75, 3.05) is 13.6 Å². The number of halogens is 2. The molecule has 10 nitrogen and oxygen atoms in total. The first-order valence-electron chi connectivity index (χ1n) is 12.9. The summed E-state index contributed by atoms with van der Waals surface area (Å²) in [5, 5.41) is 21.4. The second kappa shape index (κ2) is 10.2. The van der Waals surface area contributed by atoms with Crippen LogP contribution in [0.1, 0.15) is 66.3 Å². The molecular weight excluding hydrogens is 529 g/mol. The number of rotatable bonds is 6. The maximum absolute atomic E-state index is 14.0. The number of nitrogens with zero attached hydrogens (tertiary/aromatic N) is 5. The number of benzene rings is 1. The average Bonchev–Trinajstić information content (AvgIpc) is 3.44. The van der Waals surface area contributed by atoms with Gasteiger partial charge in [-0.05, 0) is 57.2 Å². The van der Waals surface area contributed by atoms with Crippen LogP contribution in [0.15, 0.2) is 18.2 Å². The summed E-state index contributed by atoms with van der Waals surface area (Å²) in [6.45, 7) is 2.09. The van der Waals surface area contributed by atoms with Gasteiger partial charge in [-0.3, -0.25) is 24.6 Å². The number of aryl methyl sites for hydroxylation is 1. The van der Waals surface area contributed by atoms with Gasteiger partial charge in [0.05, 0.1) is 16.3 Å². The SMILES string of the molecule is C[C@H](Oc1cc(Cl)nc(C(=O)C2CCCC3(CCc4ccc([N+](=O)[O-])c(C#N)c43)C2=O)n1)[C@@H]1C[C@@H](F)CN1C. The van der Waals surface area contributed by atoms with E-state index in [1.165, 1.54) is 12.1 Å². The fraction of sp³-hybridized carbons (Fsp3) is 0.519. The van der Waals surface area contributed by atoms with Gasteiger partial charge in [0.25, 0.3) is 5.69 Å². The summed E-state index contributed by atoms with van der Waals surface area (Å²) >= 11 is 6.20. The molecule has 204 valence electrons.